The summed E-state index contributed by atoms with van der Waals surface area (Å²) in [6.07, 6.45) is 1.65. The van der Waals surface area contributed by atoms with Crippen molar-refractivity contribution in [3.8, 4) is 5.75 Å². The summed E-state index contributed by atoms with van der Waals surface area (Å²) in [4.78, 5) is 26.0. The van der Waals surface area contributed by atoms with Crippen molar-refractivity contribution in [1.82, 2.24) is 0 Å². The standard InChI is InChI=1S/C24H36O5/c1-8-27-19-14-16(6)13-18(20(19)22(25)28-9-2)21-17(15(4)5)11-12-24(21,7)23(26)29-10-3/h13-15,17,21H,8-12H2,1-7H3/t17-,21-,24-/m1/s1. The highest BCUT2D eigenvalue weighted by atomic mass is 16.5. The first-order valence-electron chi connectivity index (χ1n) is 10.8. The maximum atomic E-state index is 13.1. The van der Waals surface area contributed by atoms with Crippen LogP contribution in [0.1, 0.15) is 81.8 Å². The van der Waals surface area contributed by atoms with Crippen LogP contribution in [0, 0.1) is 24.2 Å². The molecule has 1 aliphatic carbocycles. The van der Waals surface area contributed by atoms with E-state index in [1.807, 2.05) is 39.8 Å². The van der Waals surface area contributed by atoms with Crippen LogP contribution in [0.5, 0.6) is 5.75 Å². The summed E-state index contributed by atoms with van der Waals surface area (Å²) in [5.74, 6) is 0.423. The highest BCUT2D eigenvalue weighted by Gasteiger charge is 2.53. The molecule has 0 N–H and O–H groups in total. The molecule has 1 aromatic carbocycles. The van der Waals surface area contributed by atoms with E-state index in [1.54, 1.807) is 6.92 Å². The zero-order chi connectivity index (χ0) is 21.8. The minimum atomic E-state index is -0.691. The first kappa shape index (κ1) is 23.2. The normalized spacial score (nSPS) is 23.9. The molecule has 0 radical (unpaired) electrons. The largest absolute Gasteiger partial charge is 0.493 e. The van der Waals surface area contributed by atoms with Gasteiger partial charge in [0.05, 0.1) is 25.2 Å². The molecule has 0 bridgehead atoms. The Balaban J connectivity index is 2.74. The molecule has 162 valence electrons. The third-order valence-electron chi connectivity index (χ3n) is 6.10. The average molecular weight is 405 g/mol. The zero-order valence-electron chi connectivity index (χ0n) is 19.0. The Kier molecular flexibility index (Phi) is 7.73. The summed E-state index contributed by atoms with van der Waals surface area (Å²) in [6.45, 7) is 14.9. The predicted molar refractivity (Wildman–Crippen MR) is 113 cm³/mol. The van der Waals surface area contributed by atoms with Crippen LogP contribution in [-0.4, -0.2) is 31.8 Å². The lowest BCUT2D eigenvalue weighted by molar-refractivity contribution is -0.155. The van der Waals surface area contributed by atoms with E-state index in [2.05, 4.69) is 13.8 Å². The van der Waals surface area contributed by atoms with Gasteiger partial charge in [-0.05, 0) is 76.5 Å². The Morgan fingerprint density at radius 2 is 1.76 bits per heavy atom. The molecule has 0 aromatic heterocycles. The van der Waals surface area contributed by atoms with Crippen LogP contribution in [0.15, 0.2) is 12.1 Å². The number of hydrogen-bond acceptors (Lipinski definition) is 5. The maximum absolute atomic E-state index is 13.1. The molecular formula is C24H36O5. The van der Waals surface area contributed by atoms with Crippen molar-refractivity contribution in [2.45, 2.75) is 67.2 Å². The molecule has 2 rings (SSSR count). The van der Waals surface area contributed by atoms with Gasteiger partial charge in [-0.25, -0.2) is 4.79 Å². The lowest BCUT2D eigenvalue weighted by Crippen LogP contribution is -2.36. The molecule has 0 amide bonds. The Labute approximate surface area is 175 Å². The second-order valence-corrected chi connectivity index (χ2v) is 8.44. The smallest absolute Gasteiger partial charge is 0.342 e. The van der Waals surface area contributed by atoms with Gasteiger partial charge in [0, 0.05) is 5.92 Å². The SMILES string of the molecule is CCOC(=O)c1c(OCC)cc(C)cc1[C@H]1[C@@H](C(C)C)CC[C@@]1(C)C(=O)OCC. The summed E-state index contributed by atoms with van der Waals surface area (Å²) in [6, 6.07) is 3.90. The first-order chi connectivity index (χ1) is 13.7. The lowest BCUT2D eigenvalue weighted by Gasteiger charge is -2.35. The summed E-state index contributed by atoms with van der Waals surface area (Å²) >= 11 is 0. The van der Waals surface area contributed by atoms with Crippen LogP contribution >= 0.6 is 0 Å². The van der Waals surface area contributed by atoms with E-state index >= 15 is 0 Å². The first-order valence-corrected chi connectivity index (χ1v) is 10.8. The van der Waals surface area contributed by atoms with E-state index in [0.717, 1.165) is 24.0 Å². The molecule has 1 fully saturated rings. The van der Waals surface area contributed by atoms with E-state index in [4.69, 9.17) is 14.2 Å². The van der Waals surface area contributed by atoms with Crippen molar-refractivity contribution in [2.75, 3.05) is 19.8 Å². The second-order valence-electron chi connectivity index (χ2n) is 8.44. The van der Waals surface area contributed by atoms with E-state index in [9.17, 15) is 9.59 Å². The monoisotopic (exact) mass is 404 g/mol. The highest BCUT2D eigenvalue weighted by Crippen LogP contribution is 2.57. The van der Waals surface area contributed by atoms with Crippen LogP contribution in [0.3, 0.4) is 0 Å². The highest BCUT2D eigenvalue weighted by molar-refractivity contribution is 5.95. The Morgan fingerprint density at radius 3 is 2.31 bits per heavy atom. The van der Waals surface area contributed by atoms with E-state index in [-0.39, 0.29) is 24.4 Å². The van der Waals surface area contributed by atoms with Crippen molar-refractivity contribution in [1.29, 1.82) is 0 Å². The summed E-state index contributed by atoms with van der Waals surface area (Å²) in [5, 5.41) is 0. The van der Waals surface area contributed by atoms with Crippen molar-refractivity contribution in [3.05, 3.63) is 28.8 Å². The van der Waals surface area contributed by atoms with Gasteiger partial charge in [-0.2, -0.15) is 0 Å². The van der Waals surface area contributed by atoms with Crippen molar-refractivity contribution in [2.24, 2.45) is 17.3 Å². The number of ether oxygens (including phenoxy) is 3. The fraction of sp³-hybridized carbons (Fsp3) is 0.667. The minimum Gasteiger partial charge on any atom is -0.493 e. The summed E-state index contributed by atoms with van der Waals surface area (Å²) in [7, 11) is 0. The van der Waals surface area contributed by atoms with Crippen LogP contribution < -0.4 is 4.74 Å². The second kappa shape index (κ2) is 9.64. The Morgan fingerprint density at radius 1 is 1.10 bits per heavy atom. The molecule has 0 saturated heterocycles. The minimum absolute atomic E-state index is 0.139. The molecule has 1 aliphatic rings. The van der Waals surface area contributed by atoms with E-state index in [1.165, 1.54) is 0 Å². The van der Waals surface area contributed by atoms with Crippen LogP contribution in [0.2, 0.25) is 0 Å². The van der Waals surface area contributed by atoms with Gasteiger partial charge in [-0.15, -0.1) is 0 Å². The zero-order valence-corrected chi connectivity index (χ0v) is 19.0. The lowest BCUT2D eigenvalue weighted by atomic mass is 9.69. The van der Waals surface area contributed by atoms with Crippen molar-refractivity contribution in [3.63, 3.8) is 0 Å². The number of aryl methyl sites for hydroxylation is 1. The van der Waals surface area contributed by atoms with Crippen LogP contribution in [0.4, 0.5) is 0 Å². The Hall–Kier alpha value is -2.04. The molecule has 0 unspecified atom stereocenters. The number of carbonyl (C=O) groups is 2. The van der Waals surface area contributed by atoms with Crippen molar-refractivity contribution < 1.29 is 23.8 Å². The number of esters is 2. The fourth-order valence-electron chi connectivity index (χ4n) is 4.79. The third kappa shape index (κ3) is 4.59. The molecular weight excluding hydrogens is 368 g/mol. The summed E-state index contributed by atoms with van der Waals surface area (Å²) in [5.41, 5.74) is 1.60. The number of rotatable bonds is 8. The molecule has 1 aromatic rings. The number of benzene rings is 1. The van der Waals surface area contributed by atoms with E-state index in [0.29, 0.717) is 30.4 Å². The molecule has 5 heteroatoms. The molecule has 3 atom stereocenters. The van der Waals surface area contributed by atoms with Crippen molar-refractivity contribution >= 4 is 11.9 Å². The number of hydrogen-bond donors (Lipinski definition) is 0. The van der Waals surface area contributed by atoms with Crippen LogP contribution in [0.25, 0.3) is 0 Å². The van der Waals surface area contributed by atoms with Gasteiger partial charge < -0.3 is 14.2 Å². The van der Waals surface area contributed by atoms with E-state index < -0.39 is 11.4 Å². The van der Waals surface area contributed by atoms with Gasteiger partial charge in [0.1, 0.15) is 11.3 Å². The van der Waals surface area contributed by atoms with Gasteiger partial charge in [0.2, 0.25) is 0 Å². The predicted octanol–water partition coefficient (Wildman–Crippen LogP) is 5.29. The van der Waals surface area contributed by atoms with Gasteiger partial charge in [-0.3, -0.25) is 4.79 Å². The molecule has 5 nitrogen and oxygen atoms in total. The molecule has 1 saturated carbocycles. The van der Waals surface area contributed by atoms with Gasteiger partial charge in [0.25, 0.3) is 0 Å². The topological polar surface area (TPSA) is 61.8 Å². The van der Waals surface area contributed by atoms with Gasteiger partial charge >= 0.3 is 11.9 Å². The fourth-order valence-corrected chi connectivity index (χ4v) is 4.79. The average Bonchev–Trinajstić information content (AvgIpc) is 3.00. The van der Waals surface area contributed by atoms with Crippen LogP contribution in [-0.2, 0) is 14.3 Å². The Bertz CT molecular complexity index is 739. The summed E-state index contributed by atoms with van der Waals surface area (Å²) < 4.78 is 16.7. The number of carbonyl (C=O) groups excluding carboxylic acids is 2. The maximum Gasteiger partial charge on any atom is 0.342 e. The van der Waals surface area contributed by atoms with Gasteiger partial charge in [-0.1, -0.05) is 19.9 Å². The molecule has 0 aliphatic heterocycles. The third-order valence-corrected chi connectivity index (χ3v) is 6.10. The van der Waals surface area contributed by atoms with Gasteiger partial charge in [0.15, 0.2) is 0 Å². The molecule has 29 heavy (non-hydrogen) atoms. The molecule has 0 heterocycles. The quantitative estimate of drug-likeness (QED) is 0.551. The molecule has 0 spiro atoms.